The topological polar surface area (TPSA) is 87.5 Å². The zero-order chi connectivity index (χ0) is 14.1. The summed E-state index contributed by atoms with van der Waals surface area (Å²) in [6.07, 6.45) is 8.98. The zero-order valence-electron chi connectivity index (χ0n) is 9.76. The summed E-state index contributed by atoms with van der Waals surface area (Å²) in [6, 6.07) is 2.02. The molecule has 1 aromatic heterocycles. The summed E-state index contributed by atoms with van der Waals surface area (Å²) in [5.74, 6) is -2.51. The number of aromatic nitrogens is 1. The van der Waals surface area contributed by atoms with Crippen LogP contribution in [0.4, 0.5) is 0 Å². The van der Waals surface area contributed by atoms with E-state index in [0.717, 1.165) is 0 Å². The predicted molar refractivity (Wildman–Crippen MR) is 74.3 cm³/mol. The standard InChI is InChI=1S/C9H7NS.C4H4O4/c1-4-10-7-9-3-6-11-5-2-8(1)9;5-3(6)1-2-4(7)8/h1-7H;1-2H,(H,5,6)(H,7,8)/b;2-1-. The number of aliphatic carboxylic acids is 2. The number of hydrogen-bond donors (Lipinski definition) is 2. The lowest BCUT2D eigenvalue weighted by molar-refractivity contribution is -0.134. The van der Waals surface area contributed by atoms with Crippen LogP contribution in [0.1, 0.15) is 11.1 Å². The van der Waals surface area contributed by atoms with Gasteiger partial charge in [-0.1, -0.05) is 0 Å². The molecule has 0 aromatic carbocycles. The van der Waals surface area contributed by atoms with E-state index in [2.05, 4.69) is 28.0 Å². The van der Waals surface area contributed by atoms with E-state index >= 15 is 0 Å². The predicted octanol–water partition coefficient (Wildman–Crippen LogP) is 2.48. The van der Waals surface area contributed by atoms with E-state index < -0.39 is 11.9 Å². The fourth-order valence-corrected chi connectivity index (χ4v) is 1.66. The average Bonchev–Trinajstić information content (AvgIpc) is 2.62. The first kappa shape index (κ1) is 14.7. The molecule has 2 heterocycles. The van der Waals surface area contributed by atoms with E-state index in [1.807, 2.05) is 18.5 Å². The molecule has 5 nitrogen and oxygen atoms in total. The lowest BCUT2D eigenvalue weighted by Crippen LogP contribution is -1.91. The lowest BCUT2D eigenvalue weighted by Gasteiger charge is -1.95. The van der Waals surface area contributed by atoms with Gasteiger partial charge in [-0.25, -0.2) is 9.59 Å². The van der Waals surface area contributed by atoms with Crippen LogP contribution in [0.3, 0.4) is 0 Å². The van der Waals surface area contributed by atoms with E-state index in [4.69, 9.17) is 10.2 Å². The van der Waals surface area contributed by atoms with Crippen molar-refractivity contribution in [3.05, 3.63) is 52.6 Å². The average molecular weight is 277 g/mol. The Morgan fingerprint density at radius 1 is 1.05 bits per heavy atom. The van der Waals surface area contributed by atoms with E-state index in [-0.39, 0.29) is 0 Å². The Morgan fingerprint density at radius 3 is 2.21 bits per heavy atom. The largest absolute Gasteiger partial charge is 0.478 e. The van der Waals surface area contributed by atoms with Gasteiger partial charge < -0.3 is 10.2 Å². The molecule has 2 N–H and O–H groups in total. The molecule has 0 unspecified atom stereocenters. The minimum atomic E-state index is -1.26. The van der Waals surface area contributed by atoms with Gasteiger partial charge in [-0.2, -0.15) is 0 Å². The van der Waals surface area contributed by atoms with Crippen LogP contribution >= 0.6 is 11.8 Å². The molecule has 0 fully saturated rings. The Hall–Kier alpha value is -2.34. The van der Waals surface area contributed by atoms with Gasteiger partial charge in [-0.05, 0) is 34.6 Å². The number of carboxylic acid groups (broad SMARTS) is 2. The number of fused-ring (bicyclic) bond motifs is 1. The van der Waals surface area contributed by atoms with Crippen molar-refractivity contribution in [3.8, 4) is 0 Å². The second-order valence-electron chi connectivity index (χ2n) is 3.26. The molecule has 19 heavy (non-hydrogen) atoms. The smallest absolute Gasteiger partial charge is 0.328 e. The summed E-state index contributed by atoms with van der Waals surface area (Å²) in [6.45, 7) is 0. The maximum absolute atomic E-state index is 9.55. The van der Waals surface area contributed by atoms with Gasteiger partial charge in [0, 0.05) is 30.1 Å². The van der Waals surface area contributed by atoms with Crippen molar-refractivity contribution < 1.29 is 19.8 Å². The van der Waals surface area contributed by atoms with Crippen molar-refractivity contribution in [3.63, 3.8) is 0 Å². The highest BCUT2D eigenvalue weighted by molar-refractivity contribution is 8.05. The van der Waals surface area contributed by atoms with Crippen molar-refractivity contribution in [1.82, 2.24) is 4.98 Å². The number of pyridine rings is 1. The van der Waals surface area contributed by atoms with E-state index in [9.17, 15) is 9.59 Å². The SMILES string of the molecule is C1=Cc2ccncc2C=CS1.O=C(O)/C=C\C(=O)O. The summed E-state index contributed by atoms with van der Waals surface area (Å²) >= 11 is 1.68. The maximum Gasteiger partial charge on any atom is 0.328 e. The molecule has 0 amide bonds. The quantitative estimate of drug-likeness (QED) is 0.807. The molecule has 0 atom stereocenters. The van der Waals surface area contributed by atoms with Crippen LogP contribution in [0.2, 0.25) is 0 Å². The Kier molecular flexibility index (Phi) is 6.11. The van der Waals surface area contributed by atoms with E-state index in [1.165, 1.54) is 11.1 Å². The molecule has 0 radical (unpaired) electrons. The fourth-order valence-electron chi connectivity index (χ4n) is 1.12. The molecule has 6 heteroatoms. The molecule has 0 aliphatic carbocycles. The van der Waals surface area contributed by atoms with Crippen LogP contribution in [-0.4, -0.2) is 27.1 Å². The van der Waals surface area contributed by atoms with Gasteiger partial charge in [0.25, 0.3) is 0 Å². The van der Waals surface area contributed by atoms with Gasteiger partial charge in [-0.3, -0.25) is 4.98 Å². The van der Waals surface area contributed by atoms with Gasteiger partial charge in [0.1, 0.15) is 0 Å². The van der Waals surface area contributed by atoms with Crippen LogP contribution in [-0.2, 0) is 9.59 Å². The number of thioether (sulfide) groups is 1. The number of hydrogen-bond acceptors (Lipinski definition) is 4. The van der Waals surface area contributed by atoms with Crippen molar-refractivity contribution in [2.45, 2.75) is 0 Å². The van der Waals surface area contributed by atoms with Crippen LogP contribution < -0.4 is 0 Å². The molecule has 1 aromatic rings. The Labute approximate surface area is 114 Å². The summed E-state index contributed by atoms with van der Waals surface area (Å²) in [7, 11) is 0. The molecular formula is C13H11NO4S. The third-order valence-corrected chi connectivity index (χ3v) is 2.49. The van der Waals surface area contributed by atoms with Crippen LogP contribution in [0.25, 0.3) is 12.2 Å². The summed E-state index contributed by atoms with van der Waals surface area (Å²) in [5.41, 5.74) is 2.43. The minimum Gasteiger partial charge on any atom is -0.478 e. The van der Waals surface area contributed by atoms with Crippen molar-refractivity contribution in [2.75, 3.05) is 0 Å². The third kappa shape index (κ3) is 6.23. The van der Waals surface area contributed by atoms with E-state index in [1.54, 1.807) is 11.8 Å². The molecule has 0 spiro atoms. The molecule has 0 bridgehead atoms. The fraction of sp³-hybridized carbons (Fsp3) is 0. The summed E-state index contributed by atoms with van der Waals surface area (Å²) in [5, 5.41) is 19.8. The Balaban J connectivity index is 0.000000203. The molecule has 0 saturated carbocycles. The molecule has 1 aliphatic heterocycles. The Morgan fingerprint density at radius 2 is 1.63 bits per heavy atom. The normalized spacial score (nSPS) is 12.2. The van der Waals surface area contributed by atoms with Gasteiger partial charge in [-0.15, -0.1) is 11.8 Å². The Bertz CT molecular complexity index is 502. The first-order valence-corrected chi connectivity index (χ1v) is 6.10. The lowest BCUT2D eigenvalue weighted by atomic mass is 10.1. The molecular weight excluding hydrogens is 266 g/mol. The van der Waals surface area contributed by atoms with Crippen LogP contribution in [0.5, 0.6) is 0 Å². The third-order valence-electron chi connectivity index (χ3n) is 1.91. The number of rotatable bonds is 2. The van der Waals surface area contributed by atoms with Gasteiger partial charge in [0.2, 0.25) is 0 Å². The molecule has 2 rings (SSSR count). The summed E-state index contributed by atoms with van der Waals surface area (Å²) in [4.78, 5) is 23.2. The molecule has 1 aliphatic rings. The van der Waals surface area contributed by atoms with Crippen LogP contribution in [0.15, 0.2) is 41.4 Å². The monoisotopic (exact) mass is 277 g/mol. The molecule has 0 saturated heterocycles. The number of carboxylic acids is 2. The summed E-state index contributed by atoms with van der Waals surface area (Å²) < 4.78 is 0. The zero-order valence-corrected chi connectivity index (χ0v) is 10.6. The second-order valence-corrected chi connectivity index (χ2v) is 4.07. The highest BCUT2D eigenvalue weighted by atomic mass is 32.2. The maximum atomic E-state index is 9.55. The van der Waals surface area contributed by atoms with Gasteiger partial charge >= 0.3 is 11.9 Å². The first-order chi connectivity index (χ1) is 9.09. The first-order valence-electron chi connectivity index (χ1n) is 5.16. The number of carbonyl (C=O) groups is 2. The van der Waals surface area contributed by atoms with Crippen molar-refractivity contribution in [1.29, 1.82) is 0 Å². The van der Waals surface area contributed by atoms with E-state index in [0.29, 0.717) is 12.2 Å². The highest BCUT2D eigenvalue weighted by Gasteiger charge is 1.96. The van der Waals surface area contributed by atoms with Crippen molar-refractivity contribution >= 4 is 35.9 Å². The van der Waals surface area contributed by atoms with Gasteiger partial charge in [0.05, 0.1) is 0 Å². The number of nitrogens with zero attached hydrogens (tertiary/aromatic N) is 1. The highest BCUT2D eigenvalue weighted by Crippen LogP contribution is 2.19. The van der Waals surface area contributed by atoms with Gasteiger partial charge in [0.15, 0.2) is 0 Å². The second kappa shape index (κ2) is 7.88. The van der Waals surface area contributed by atoms with Crippen molar-refractivity contribution in [2.24, 2.45) is 0 Å². The van der Waals surface area contributed by atoms with Crippen LogP contribution in [0, 0.1) is 0 Å². The molecule has 98 valence electrons. The minimum absolute atomic E-state index is 0.558.